The number of hydrogen-bond donors (Lipinski definition) is 1. The predicted octanol–water partition coefficient (Wildman–Crippen LogP) is -1.21. The van der Waals surface area contributed by atoms with Gasteiger partial charge in [-0.15, -0.1) is 6.42 Å². The van der Waals surface area contributed by atoms with Crippen molar-refractivity contribution in [2.75, 3.05) is 13.1 Å². The lowest BCUT2D eigenvalue weighted by Gasteiger charge is -2.18. The van der Waals surface area contributed by atoms with E-state index in [0.717, 1.165) is 9.47 Å². The van der Waals surface area contributed by atoms with Gasteiger partial charge in [0.2, 0.25) is 5.91 Å². The average molecular weight is 249 g/mol. The molecular weight excluding hydrogens is 238 g/mol. The van der Waals surface area contributed by atoms with Crippen molar-refractivity contribution in [1.82, 2.24) is 14.5 Å². The number of aromatic nitrogens is 2. The van der Waals surface area contributed by atoms with Crippen molar-refractivity contribution in [1.29, 1.82) is 0 Å². The molecule has 0 saturated heterocycles. The van der Waals surface area contributed by atoms with E-state index in [1.807, 2.05) is 0 Å². The van der Waals surface area contributed by atoms with Gasteiger partial charge in [0.25, 0.3) is 0 Å². The molecule has 0 bridgehead atoms. The van der Waals surface area contributed by atoms with Gasteiger partial charge in [-0.2, -0.15) is 0 Å². The summed E-state index contributed by atoms with van der Waals surface area (Å²) < 4.78 is 1.08. The first kappa shape index (κ1) is 13.4. The fourth-order valence-electron chi connectivity index (χ4n) is 1.26. The van der Waals surface area contributed by atoms with Crippen LogP contribution in [0.5, 0.6) is 0 Å². The minimum absolute atomic E-state index is 0.125. The molecule has 0 aliphatic heterocycles. The summed E-state index contributed by atoms with van der Waals surface area (Å²) in [6, 6.07) is 1.50. The molecule has 1 N–H and O–H groups in total. The molecule has 1 heterocycles. The fraction of sp³-hybridized carbons (Fsp3) is 0.273. The Morgan fingerprint density at radius 3 is 2.83 bits per heavy atom. The number of carbonyl (C=O) groups excluding carboxylic acids is 1. The zero-order valence-electron chi connectivity index (χ0n) is 9.44. The Morgan fingerprint density at radius 2 is 2.28 bits per heavy atom. The highest BCUT2D eigenvalue weighted by molar-refractivity contribution is 5.81. The van der Waals surface area contributed by atoms with Gasteiger partial charge in [-0.1, -0.05) is 5.92 Å². The van der Waals surface area contributed by atoms with Gasteiger partial charge in [-0.25, -0.2) is 9.78 Å². The van der Waals surface area contributed by atoms with Crippen LogP contribution < -0.4 is 5.69 Å². The van der Waals surface area contributed by atoms with Crippen molar-refractivity contribution >= 4 is 11.9 Å². The number of hydrogen-bond acceptors (Lipinski definition) is 4. The molecule has 0 saturated carbocycles. The molecule has 0 fully saturated rings. The smallest absolute Gasteiger partial charge is 0.347 e. The Labute approximate surface area is 103 Å². The number of nitrogens with zero attached hydrogens (tertiary/aromatic N) is 3. The van der Waals surface area contributed by atoms with E-state index >= 15 is 0 Å². The molecule has 1 aromatic rings. The third-order valence-corrected chi connectivity index (χ3v) is 2.05. The van der Waals surface area contributed by atoms with E-state index in [2.05, 4.69) is 10.9 Å². The number of aliphatic carboxylic acids is 1. The average Bonchev–Trinajstić information content (AvgIpc) is 2.31. The first-order valence-corrected chi connectivity index (χ1v) is 4.99. The van der Waals surface area contributed by atoms with Gasteiger partial charge in [0.1, 0.15) is 13.1 Å². The minimum Gasteiger partial charge on any atom is -0.480 e. The summed E-state index contributed by atoms with van der Waals surface area (Å²) in [5.74, 6) is 0.473. The number of terminal acetylenes is 1. The molecule has 18 heavy (non-hydrogen) atoms. The molecule has 1 aromatic heterocycles. The van der Waals surface area contributed by atoms with Gasteiger partial charge >= 0.3 is 11.7 Å². The maximum Gasteiger partial charge on any atom is 0.347 e. The van der Waals surface area contributed by atoms with Crippen LogP contribution in [-0.2, 0) is 16.1 Å². The first-order chi connectivity index (χ1) is 8.54. The summed E-state index contributed by atoms with van der Waals surface area (Å²) in [4.78, 5) is 38.1. The van der Waals surface area contributed by atoms with Gasteiger partial charge in [-0.05, 0) is 6.07 Å². The van der Waals surface area contributed by atoms with Crippen LogP contribution in [0.1, 0.15) is 0 Å². The van der Waals surface area contributed by atoms with Crippen LogP contribution in [0.2, 0.25) is 0 Å². The highest BCUT2D eigenvalue weighted by atomic mass is 16.4. The molecule has 7 heteroatoms. The second-order valence-corrected chi connectivity index (χ2v) is 3.38. The van der Waals surface area contributed by atoms with Crippen LogP contribution in [0.4, 0.5) is 0 Å². The molecule has 0 spiro atoms. The molecule has 0 aromatic carbocycles. The summed E-state index contributed by atoms with van der Waals surface area (Å²) in [5.41, 5.74) is -0.582. The minimum atomic E-state index is -1.17. The molecule has 1 rings (SSSR count). The lowest BCUT2D eigenvalue weighted by molar-refractivity contribution is -0.144. The Kier molecular flexibility index (Phi) is 4.63. The third kappa shape index (κ3) is 3.75. The first-order valence-electron chi connectivity index (χ1n) is 4.99. The maximum absolute atomic E-state index is 11.8. The van der Waals surface area contributed by atoms with Crippen LogP contribution in [-0.4, -0.2) is 44.5 Å². The molecule has 0 aliphatic rings. The monoisotopic (exact) mass is 249 g/mol. The van der Waals surface area contributed by atoms with Crippen molar-refractivity contribution in [2.24, 2.45) is 0 Å². The van der Waals surface area contributed by atoms with Crippen molar-refractivity contribution < 1.29 is 14.7 Å². The van der Waals surface area contributed by atoms with Crippen LogP contribution >= 0.6 is 0 Å². The van der Waals surface area contributed by atoms with E-state index in [1.165, 1.54) is 18.5 Å². The van der Waals surface area contributed by atoms with Crippen molar-refractivity contribution in [3.05, 3.63) is 28.9 Å². The Balaban J connectivity index is 2.79. The third-order valence-electron chi connectivity index (χ3n) is 2.05. The number of carbonyl (C=O) groups is 2. The quantitative estimate of drug-likeness (QED) is 0.661. The van der Waals surface area contributed by atoms with Gasteiger partial charge in [0.15, 0.2) is 0 Å². The van der Waals surface area contributed by atoms with E-state index in [4.69, 9.17) is 11.5 Å². The van der Waals surface area contributed by atoms with Gasteiger partial charge in [0.05, 0.1) is 6.54 Å². The summed E-state index contributed by atoms with van der Waals surface area (Å²) in [6.07, 6.45) is 7.74. The maximum atomic E-state index is 11.8. The Hall–Kier alpha value is -2.62. The fourth-order valence-corrected chi connectivity index (χ4v) is 1.26. The highest BCUT2D eigenvalue weighted by Crippen LogP contribution is 1.92. The summed E-state index contributed by atoms with van der Waals surface area (Å²) in [5, 5.41) is 8.64. The van der Waals surface area contributed by atoms with E-state index in [1.54, 1.807) is 0 Å². The normalized spacial score (nSPS) is 9.50. The van der Waals surface area contributed by atoms with Crippen LogP contribution in [0.3, 0.4) is 0 Å². The van der Waals surface area contributed by atoms with Crippen LogP contribution in [0.25, 0.3) is 0 Å². The summed E-state index contributed by atoms with van der Waals surface area (Å²) >= 11 is 0. The van der Waals surface area contributed by atoms with Crippen molar-refractivity contribution in [3.8, 4) is 12.3 Å². The second kappa shape index (κ2) is 6.20. The molecular formula is C11H11N3O4. The SMILES string of the molecule is C#CCN(CC(=O)O)C(=O)Cn1cccnc1=O. The molecule has 94 valence electrons. The van der Waals surface area contributed by atoms with E-state index in [9.17, 15) is 14.4 Å². The van der Waals surface area contributed by atoms with Crippen molar-refractivity contribution in [3.63, 3.8) is 0 Å². The summed E-state index contributed by atoms with van der Waals surface area (Å²) in [6.45, 7) is -0.917. The van der Waals surface area contributed by atoms with E-state index < -0.39 is 24.1 Å². The number of carboxylic acids is 1. The Bertz CT molecular complexity index is 544. The van der Waals surface area contributed by atoms with Crippen molar-refractivity contribution in [2.45, 2.75) is 6.54 Å². The van der Waals surface area contributed by atoms with Gasteiger partial charge < -0.3 is 10.0 Å². The van der Waals surface area contributed by atoms with Crippen LogP contribution in [0.15, 0.2) is 23.3 Å². The van der Waals surface area contributed by atoms with Crippen LogP contribution in [0, 0.1) is 12.3 Å². The molecule has 0 aliphatic carbocycles. The number of rotatable bonds is 5. The lowest BCUT2D eigenvalue weighted by Crippen LogP contribution is -2.40. The topological polar surface area (TPSA) is 92.5 Å². The van der Waals surface area contributed by atoms with E-state index in [-0.39, 0.29) is 13.1 Å². The second-order valence-electron chi connectivity index (χ2n) is 3.38. The molecule has 0 radical (unpaired) electrons. The zero-order valence-corrected chi connectivity index (χ0v) is 9.44. The molecule has 0 atom stereocenters. The van der Waals surface area contributed by atoms with Gasteiger partial charge in [0, 0.05) is 12.4 Å². The number of carboxylic acid groups (broad SMARTS) is 1. The van der Waals surface area contributed by atoms with Gasteiger partial charge in [-0.3, -0.25) is 14.2 Å². The summed E-state index contributed by atoms with van der Waals surface area (Å²) in [7, 11) is 0. The largest absolute Gasteiger partial charge is 0.480 e. The zero-order chi connectivity index (χ0) is 13.5. The molecule has 7 nitrogen and oxygen atoms in total. The van der Waals surface area contributed by atoms with E-state index in [0.29, 0.717) is 0 Å². The predicted molar refractivity (Wildman–Crippen MR) is 61.5 cm³/mol. The molecule has 0 unspecified atom stereocenters. The standard InChI is InChI=1S/C11H11N3O4/c1-2-5-13(8-10(16)17)9(15)7-14-6-3-4-12-11(14)18/h1,3-4,6H,5,7-8H2,(H,16,17). The lowest BCUT2D eigenvalue weighted by atomic mass is 10.4. The highest BCUT2D eigenvalue weighted by Gasteiger charge is 2.16. The molecule has 1 amide bonds. The Morgan fingerprint density at radius 1 is 1.56 bits per heavy atom. The number of amides is 1.